The molecule has 0 saturated carbocycles. The summed E-state index contributed by atoms with van der Waals surface area (Å²) in [6, 6.07) is 12.2. The lowest BCUT2D eigenvalue weighted by molar-refractivity contribution is 0.560. The van der Waals surface area contributed by atoms with Crippen molar-refractivity contribution in [2.45, 2.75) is 13.1 Å². The van der Waals surface area contributed by atoms with E-state index >= 15 is 0 Å². The van der Waals surface area contributed by atoms with Crippen LogP contribution in [0, 0.1) is 0 Å². The Bertz CT molecular complexity index is 617. The van der Waals surface area contributed by atoms with Gasteiger partial charge in [-0.2, -0.15) is 0 Å². The van der Waals surface area contributed by atoms with Crippen molar-refractivity contribution in [3.8, 4) is 11.3 Å². The Kier molecular flexibility index (Phi) is 3.72. The zero-order chi connectivity index (χ0) is 12.9. The Hall–Kier alpha value is -1.91. The van der Waals surface area contributed by atoms with Crippen molar-refractivity contribution in [3.05, 3.63) is 64.9 Å². The van der Waals surface area contributed by atoms with Gasteiger partial charge in [0.05, 0.1) is 18.2 Å². The molecule has 0 amide bonds. The number of hydrogen-bond donors (Lipinski definition) is 1. The minimum absolute atomic E-state index is 0.780. The highest BCUT2D eigenvalue weighted by molar-refractivity contribution is 7.09. The van der Waals surface area contributed by atoms with Gasteiger partial charge in [0.15, 0.2) is 0 Å². The van der Waals surface area contributed by atoms with Gasteiger partial charge in [0.1, 0.15) is 5.01 Å². The Labute approximate surface area is 115 Å². The average Bonchev–Trinajstić information content (AvgIpc) is 3.11. The normalized spacial score (nSPS) is 10.7. The van der Waals surface area contributed by atoms with E-state index in [1.54, 1.807) is 23.9 Å². The van der Waals surface area contributed by atoms with Gasteiger partial charge in [-0.25, -0.2) is 4.98 Å². The topological polar surface area (TPSA) is 38.1 Å². The molecule has 0 atom stereocenters. The number of furan rings is 1. The molecule has 0 aliphatic carbocycles. The van der Waals surface area contributed by atoms with Crippen LogP contribution in [0.3, 0.4) is 0 Å². The number of nitrogens with zero attached hydrogens (tertiary/aromatic N) is 1. The standard InChI is InChI=1S/C15H14N2OS/c1-2-4-13(5-3-1)14-11-19-15(17-14)9-16-8-12-6-7-18-10-12/h1-7,10-11,16H,8-9H2. The fourth-order valence-electron chi connectivity index (χ4n) is 1.84. The molecule has 1 aromatic carbocycles. The summed E-state index contributed by atoms with van der Waals surface area (Å²) >= 11 is 1.68. The van der Waals surface area contributed by atoms with Crippen LogP contribution in [0.4, 0.5) is 0 Å². The predicted octanol–water partition coefficient (Wildman–Crippen LogP) is 3.69. The first-order chi connectivity index (χ1) is 9.42. The number of hydrogen-bond acceptors (Lipinski definition) is 4. The second-order valence-electron chi connectivity index (χ2n) is 4.23. The monoisotopic (exact) mass is 270 g/mol. The van der Waals surface area contributed by atoms with Gasteiger partial charge in [-0.1, -0.05) is 30.3 Å². The van der Waals surface area contributed by atoms with Crippen LogP contribution in [0.1, 0.15) is 10.6 Å². The summed E-state index contributed by atoms with van der Waals surface area (Å²) in [4.78, 5) is 4.63. The Morgan fingerprint density at radius 1 is 1.11 bits per heavy atom. The smallest absolute Gasteiger partial charge is 0.107 e. The van der Waals surface area contributed by atoms with Crippen molar-refractivity contribution in [2.75, 3.05) is 0 Å². The molecule has 0 bridgehead atoms. The molecular formula is C15H14N2OS. The summed E-state index contributed by atoms with van der Waals surface area (Å²) in [6.07, 6.45) is 3.44. The highest BCUT2D eigenvalue weighted by Crippen LogP contribution is 2.21. The summed E-state index contributed by atoms with van der Waals surface area (Å²) in [5.74, 6) is 0. The Morgan fingerprint density at radius 2 is 2.00 bits per heavy atom. The van der Waals surface area contributed by atoms with Gasteiger partial charge in [-0.05, 0) is 6.07 Å². The van der Waals surface area contributed by atoms with Crippen LogP contribution in [0.15, 0.2) is 58.7 Å². The van der Waals surface area contributed by atoms with Gasteiger partial charge in [0.2, 0.25) is 0 Å². The molecule has 0 radical (unpaired) electrons. The molecule has 0 spiro atoms. The third-order valence-corrected chi connectivity index (χ3v) is 3.66. The molecule has 4 heteroatoms. The molecule has 96 valence electrons. The fraction of sp³-hybridized carbons (Fsp3) is 0.133. The maximum Gasteiger partial charge on any atom is 0.107 e. The molecule has 2 heterocycles. The van der Waals surface area contributed by atoms with E-state index in [0.29, 0.717) is 0 Å². The van der Waals surface area contributed by atoms with E-state index in [0.717, 1.165) is 29.4 Å². The number of nitrogens with one attached hydrogen (secondary N) is 1. The average molecular weight is 270 g/mol. The second kappa shape index (κ2) is 5.82. The van der Waals surface area contributed by atoms with Gasteiger partial charge in [-0.3, -0.25) is 0 Å². The Morgan fingerprint density at radius 3 is 2.79 bits per heavy atom. The van der Waals surface area contributed by atoms with Gasteiger partial charge in [0.25, 0.3) is 0 Å². The van der Waals surface area contributed by atoms with Gasteiger partial charge in [0, 0.05) is 29.6 Å². The molecule has 0 unspecified atom stereocenters. The van der Waals surface area contributed by atoms with Gasteiger partial charge < -0.3 is 9.73 Å². The third-order valence-electron chi connectivity index (χ3n) is 2.81. The summed E-state index contributed by atoms with van der Waals surface area (Å²) in [6.45, 7) is 1.58. The highest BCUT2D eigenvalue weighted by atomic mass is 32.1. The molecule has 0 saturated heterocycles. The molecule has 1 N–H and O–H groups in total. The van der Waals surface area contributed by atoms with Crippen molar-refractivity contribution < 1.29 is 4.42 Å². The van der Waals surface area contributed by atoms with Crippen LogP contribution in [-0.2, 0) is 13.1 Å². The van der Waals surface area contributed by atoms with E-state index in [4.69, 9.17) is 4.42 Å². The van der Waals surface area contributed by atoms with Crippen LogP contribution in [0.2, 0.25) is 0 Å². The first-order valence-electron chi connectivity index (χ1n) is 6.13. The van der Waals surface area contributed by atoms with E-state index in [2.05, 4.69) is 27.8 Å². The zero-order valence-corrected chi connectivity index (χ0v) is 11.2. The third kappa shape index (κ3) is 3.10. The Balaban J connectivity index is 1.59. The number of benzene rings is 1. The zero-order valence-electron chi connectivity index (χ0n) is 10.4. The van der Waals surface area contributed by atoms with Crippen molar-refractivity contribution >= 4 is 11.3 Å². The first kappa shape index (κ1) is 12.1. The lowest BCUT2D eigenvalue weighted by Gasteiger charge is -1.99. The van der Waals surface area contributed by atoms with Crippen molar-refractivity contribution in [1.29, 1.82) is 0 Å². The number of aromatic nitrogens is 1. The minimum Gasteiger partial charge on any atom is -0.472 e. The molecular weight excluding hydrogens is 256 g/mol. The maximum atomic E-state index is 5.03. The van der Waals surface area contributed by atoms with Crippen molar-refractivity contribution in [1.82, 2.24) is 10.3 Å². The summed E-state index contributed by atoms with van der Waals surface area (Å²) in [5.41, 5.74) is 3.37. The summed E-state index contributed by atoms with van der Waals surface area (Å²) < 4.78 is 5.03. The molecule has 2 aromatic heterocycles. The largest absolute Gasteiger partial charge is 0.472 e. The van der Waals surface area contributed by atoms with Crippen LogP contribution >= 0.6 is 11.3 Å². The SMILES string of the molecule is c1ccc(-c2csc(CNCc3ccoc3)n2)cc1. The molecule has 0 aliphatic heterocycles. The molecule has 3 nitrogen and oxygen atoms in total. The lowest BCUT2D eigenvalue weighted by Crippen LogP contribution is -2.11. The quantitative estimate of drug-likeness (QED) is 0.768. The van der Waals surface area contributed by atoms with E-state index in [9.17, 15) is 0 Å². The number of rotatable bonds is 5. The molecule has 0 aliphatic rings. The van der Waals surface area contributed by atoms with Crippen LogP contribution in [-0.4, -0.2) is 4.98 Å². The molecule has 0 fully saturated rings. The summed E-state index contributed by atoms with van der Waals surface area (Å²) in [7, 11) is 0. The maximum absolute atomic E-state index is 5.03. The second-order valence-corrected chi connectivity index (χ2v) is 5.17. The van der Waals surface area contributed by atoms with Crippen molar-refractivity contribution in [2.24, 2.45) is 0 Å². The van der Waals surface area contributed by atoms with E-state index in [-0.39, 0.29) is 0 Å². The number of thiazole rings is 1. The van der Waals surface area contributed by atoms with Gasteiger partial charge in [-0.15, -0.1) is 11.3 Å². The van der Waals surface area contributed by atoms with E-state index in [1.165, 1.54) is 5.56 Å². The molecule has 3 aromatic rings. The molecule has 3 rings (SSSR count). The first-order valence-corrected chi connectivity index (χ1v) is 7.01. The summed E-state index contributed by atoms with van der Waals surface area (Å²) in [5, 5.41) is 6.56. The highest BCUT2D eigenvalue weighted by Gasteiger charge is 2.03. The predicted molar refractivity (Wildman–Crippen MR) is 76.8 cm³/mol. The minimum atomic E-state index is 0.780. The fourth-order valence-corrected chi connectivity index (χ4v) is 2.61. The van der Waals surface area contributed by atoms with E-state index in [1.807, 2.05) is 24.3 Å². The van der Waals surface area contributed by atoms with Gasteiger partial charge >= 0.3 is 0 Å². The van der Waals surface area contributed by atoms with Crippen molar-refractivity contribution in [3.63, 3.8) is 0 Å². The molecule has 19 heavy (non-hydrogen) atoms. The van der Waals surface area contributed by atoms with Crippen LogP contribution in [0.25, 0.3) is 11.3 Å². The van der Waals surface area contributed by atoms with E-state index < -0.39 is 0 Å². The van der Waals surface area contributed by atoms with Crippen LogP contribution < -0.4 is 5.32 Å². The lowest BCUT2D eigenvalue weighted by atomic mass is 10.2. The van der Waals surface area contributed by atoms with Crippen LogP contribution in [0.5, 0.6) is 0 Å².